The van der Waals surface area contributed by atoms with Crippen LogP contribution in [0, 0.1) is 27.9 Å². The number of nitro groups is 1. The number of ketones is 5. The molecular formula is C36H32ClNO11S3. The second kappa shape index (κ2) is 15.3. The number of hydrogen-bond donors (Lipinski definition) is 0. The summed E-state index contributed by atoms with van der Waals surface area (Å²) in [6.45, 7) is 0. The van der Waals surface area contributed by atoms with Crippen LogP contribution in [-0.4, -0.2) is 63.2 Å². The van der Waals surface area contributed by atoms with Gasteiger partial charge in [-0.25, -0.2) is 16.8 Å². The SMILES string of the molecule is CS(=O)(=O)c1ccc(C(=O)C2=C(Sc3ccccc3)[C@@H]3CC[C@@H](C3)C2=O)c(Cl)c1.CS(=O)(=O)c1ccc(C(=O)C2C(=O)CCCC2=O)c([N+](=O)[O-])c1. The van der Waals surface area contributed by atoms with Gasteiger partial charge in [0.2, 0.25) is 0 Å². The maximum Gasteiger partial charge on any atom is 0.281 e. The first-order chi connectivity index (χ1) is 24.4. The van der Waals surface area contributed by atoms with Gasteiger partial charge in [0.25, 0.3) is 5.69 Å². The Morgan fingerprint density at radius 1 is 0.808 bits per heavy atom. The van der Waals surface area contributed by atoms with Crippen LogP contribution >= 0.6 is 23.4 Å². The zero-order chi connectivity index (χ0) is 38.1. The average molecular weight is 786 g/mol. The Morgan fingerprint density at radius 2 is 1.37 bits per heavy atom. The van der Waals surface area contributed by atoms with E-state index in [-0.39, 0.29) is 56.4 Å². The average Bonchev–Trinajstić information content (AvgIpc) is 3.53. The molecule has 3 aromatic rings. The quantitative estimate of drug-likeness (QED) is 0.0797. The number of sulfone groups is 2. The van der Waals surface area contributed by atoms with E-state index in [9.17, 15) is 50.9 Å². The van der Waals surface area contributed by atoms with Crippen molar-refractivity contribution in [2.24, 2.45) is 17.8 Å². The van der Waals surface area contributed by atoms with Crippen LogP contribution in [0.4, 0.5) is 5.69 Å². The molecule has 0 unspecified atom stereocenters. The Hall–Kier alpha value is -4.31. The van der Waals surface area contributed by atoms with Gasteiger partial charge in [-0.3, -0.25) is 34.1 Å². The summed E-state index contributed by atoms with van der Waals surface area (Å²) in [7, 11) is -7.14. The molecule has 0 saturated heterocycles. The number of allylic oxidation sites excluding steroid dienone is 2. The van der Waals surface area contributed by atoms with Gasteiger partial charge < -0.3 is 0 Å². The van der Waals surface area contributed by atoms with Gasteiger partial charge in [-0.2, -0.15) is 0 Å². The predicted molar refractivity (Wildman–Crippen MR) is 192 cm³/mol. The fraction of sp³-hybridized carbons (Fsp3) is 0.306. The lowest BCUT2D eigenvalue weighted by atomic mass is 9.81. The molecule has 2 fully saturated rings. The maximum absolute atomic E-state index is 13.4. The van der Waals surface area contributed by atoms with Gasteiger partial charge in [0, 0.05) is 52.7 Å². The highest BCUT2D eigenvalue weighted by molar-refractivity contribution is 8.03. The number of carbonyl (C=O) groups is 5. The standard InChI is InChI=1S/C22H19ClO4S2.C14H13NO7S/c1-29(26,27)16-9-10-17(18(23)12-16)21(25)19-20(24)13-7-8-14(11-13)22(19)28-15-5-3-2-4-6-15;1-23(21,22)8-5-6-9(10(7-8)15(19)20)14(18)13-11(16)3-2-4-12(13)17/h2-6,9-10,12-14H,7-8,11H2,1H3;5-7,13H,2-4H2,1H3/t13-,14+;/m0./s1. The summed E-state index contributed by atoms with van der Waals surface area (Å²) in [5.74, 6) is -4.08. The van der Waals surface area contributed by atoms with Gasteiger partial charge in [0.05, 0.1) is 30.9 Å². The molecule has 0 N–H and O–H groups in total. The number of nitrogens with zero attached hydrogens (tertiary/aromatic N) is 1. The summed E-state index contributed by atoms with van der Waals surface area (Å²) >= 11 is 7.74. The molecule has 0 radical (unpaired) electrons. The van der Waals surface area contributed by atoms with Gasteiger partial charge in [-0.15, -0.1) is 0 Å². The van der Waals surface area contributed by atoms with Crippen LogP contribution in [-0.2, 0) is 34.1 Å². The van der Waals surface area contributed by atoms with Gasteiger partial charge >= 0.3 is 0 Å². The normalized spacial score (nSPS) is 19.2. The molecule has 3 aliphatic rings. The third kappa shape index (κ3) is 8.33. The summed E-state index contributed by atoms with van der Waals surface area (Å²) in [6, 6.07) is 16.5. The van der Waals surface area contributed by atoms with Crippen LogP contribution in [0.1, 0.15) is 59.2 Å². The molecule has 52 heavy (non-hydrogen) atoms. The van der Waals surface area contributed by atoms with Gasteiger partial charge in [0.15, 0.2) is 48.6 Å². The molecule has 2 saturated carbocycles. The second-order valence-corrected chi connectivity index (χ2v) is 18.3. The van der Waals surface area contributed by atoms with Crippen molar-refractivity contribution in [1.29, 1.82) is 0 Å². The van der Waals surface area contributed by atoms with Crippen LogP contribution in [0.25, 0.3) is 0 Å². The largest absolute Gasteiger partial charge is 0.298 e. The smallest absolute Gasteiger partial charge is 0.281 e. The second-order valence-electron chi connectivity index (χ2n) is 12.8. The topological polar surface area (TPSA) is 197 Å². The zero-order valence-electron chi connectivity index (χ0n) is 27.9. The Kier molecular flexibility index (Phi) is 11.5. The van der Waals surface area contributed by atoms with E-state index in [4.69, 9.17) is 11.6 Å². The van der Waals surface area contributed by atoms with Crippen molar-refractivity contribution in [3.05, 3.63) is 103 Å². The molecule has 12 nitrogen and oxygen atoms in total. The summed E-state index contributed by atoms with van der Waals surface area (Å²) in [4.78, 5) is 74.3. The van der Waals surface area contributed by atoms with Gasteiger partial charge in [0.1, 0.15) is 5.92 Å². The molecule has 272 valence electrons. The number of thioether (sulfide) groups is 1. The highest BCUT2D eigenvalue weighted by atomic mass is 35.5. The van der Waals surface area contributed by atoms with Crippen molar-refractivity contribution < 1.29 is 45.7 Å². The fourth-order valence-corrected chi connectivity index (χ4v) is 9.30. The van der Waals surface area contributed by atoms with Crippen molar-refractivity contribution in [2.75, 3.05) is 12.5 Å². The zero-order valence-corrected chi connectivity index (χ0v) is 31.1. The van der Waals surface area contributed by atoms with Crippen molar-refractivity contribution in [1.82, 2.24) is 0 Å². The molecule has 0 aromatic heterocycles. The van der Waals surface area contributed by atoms with Crippen molar-refractivity contribution in [3.8, 4) is 0 Å². The first-order valence-electron chi connectivity index (χ1n) is 16.0. The minimum Gasteiger partial charge on any atom is -0.298 e. The van der Waals surface area contributed by atoms with E-state index >= 15 is 0 Å². The molecule has 0 amide bonds. The van der Waals surface area contributed by atoms with Crippen molar-refractivity contribution in [2.45, 2.75) is 53.2 Å². The van der Waals surface area contributed by atoms with Crippen LogP contribution in [0.5, 0.6) is 0 Å². The first-order valence-corrected chi connectivity index (χ1v) is 21.0. The number of fused-ring (bicyclic) bond motifs is 2. The van der Waals surface area contributed by atoms with E-state index in [0.717, 1.165) is 59.8 Å². The minimum absolute atomic E-state index is 0.0419. The number of carbonyl (C=O) groups excluding carboxylic acids is 5. The first kappa shape index (κ1) is 38.9. The molecule has 0 heterocycles. The van der Waals surface area contributed by atoms with E-state index in [1.807, 2.05) is 30.3 Å². The lowest BCUT2D eigenvalue weighted by Crippen LogP contribution is -2.35. The van der Waals surface area contributed by atoms with E-state index in [2.05, 4.69) is 0 Å². The third-order valence-corrected chi connectivity index (χ3v) is 12.9. The van der Waals surface area contributed by atoms with Crippen LogP contribution in [0.15, 0.2) is 91.9 Å². The predicted octanol–water partition coefficient (Wildman–Crippen LogP) is 6.09. The maximum atomic E-state index is 13.4. The number of hydrogen-bond acceptors (Lipinski definition) is 12. The Labute approximate surface area is 309 Å². The molecule has 6 rings (SSSR count). The molecular weight excluding hydrogens is 754 g/mol. The van der Waals surface area contributed by atoms with E-state index in [0.29, 0.717) is 6.42 Å². The Morgan fingerprint density at radius 3 is 1.92 bits per heavy atom. The van der Waals surface area contributed by atoms with E-state index < -0.39 is 64.9 Å². The number of halogens is 1. The number of nitro benzene ring substituents is 1. The van der Waals surface area contributed by atoms with E-state index in [1.165, 1.54) is 30.0 Å². The monoisotopic (exact) mass is 785 g/mol. The molecule has 0 aliphatic heterocycles. The minimum atomic E-state index is -3.70. The lowest BCUT2D eigenvalue weighted by molar-refractivity contribution is -0.385. The summed E-state index contributed by atoms with van der Waals surface area (Å²) < 4.78 is 46.5. The van der Waals surface area contributed by atoms with E-state index in [1.54, 1.807) is 0 Å². The molecule has 2 atom stereocenters. The summed E-state index contributed by atoms with van der Waals surface area (Å²) in [5.41, 5.74) is -0.790. The highest BCUT2D eigenvalue weighted by Gasteiger charge is 2.44. The summed E-state index contributed by atoms with van der Waals surface area (Å²) in [6.07, 6.45) is 4.92. The molecule has 2 bridgehead atoms. The molecule has 16 heteroatoms. The highest BCUT2D eigenvalue weighted by Crippen LogP contribution is 2.50. The third-order valence-electron chi connectivity index (χ3n) is 9.09. The molecule has 3 aromatic carbocycles. The van der Waals surface area contributed by atoms with Crippen molar-refractivity contribution in [3.63, 3.8) is 0 Å². The van der Waals surface area contributed by atoms with Gasteiger partial charge in [-0.1, -0.05) is 41.6 Å². The number of Topliss-reactive ketones (excluding diaryl/α,β-unsaturated/α-hetero) is 5. The van der Waals surface area contributed by atoms with Crippen LogP contribution in [0.3, 0.4) is 0 Å². The summed E-state index contributed by atoms with van der Waals surface area (Å²) in [5, 5.41) is 11.2. The Balaban J connectivity index is 0.000000207. The molecule has 0 spiro atoms. The van der Waals surface area contributed by atoms with Crippen molar-refractivity contribution >= 4 is 77.6 Å². The lowest BCUT2D eigenvalue weighted by Gasteiger charge is -2.24. The van der Waals surface area contributed by atoms with Crippen LogP contribution < -0.4 is 0 Å². The number of rotatable bonds is 9. The Bertz CT molecular complexity index is 2270. The van der Waals surface area contributed by atoms with Crippen LogP contribution in [0.2, 0.25) is 5.02 Å². The fourth-order valence-electron chi connectivity index (χ4n) is 6.46. The molecule has 3 aliphatic carbocycles. The number of benzene rings is 3. The van der Waals surface area contributed by atoms with Gasteiger partial charge in [-0.05, 0) is 74.1 Å².